The van der Waals surface area contributed by atoms with Gasteiger partial charge in [0.15, 0.2) is 0 Å². The molecule has 2 heterocycles. The molecule has 0 aliphatic carbocycles. The van der Waals surface area contributed by atoms with Crippen molar-refractivity contribution in [1.82, 2.24) is 9.38 Å². The molecule has 0 saturated heterocycles. The van der Waals surface area contributed by atoms with Crippen LogP contribution in [0.1, 0.15) is 0 Å². The molecule has 3 aromatic carbocycles. The molecule has 0 radical (unpaired) electrons. The van der Waals surface area contributed by atoms with Crippen molar-refractivity contribution in [2.24, 2.45) is 0 Å². The lowest BCUT2D eigenvalue weighted by molar-refractivity contribution is 0.415. The minimum atomic E-state index is -0.0541. The lowest BCUT2D eigenvalue weighted by Crippen LogP contribution is -2.16. The molecular formula is C21H14N2O2. The van der Waals surface area contributed by atoms with Crippen LogP contribution in [0.4, 0.5) is 0 Å². The molecule has 0 fully saturated rings. The summed E-state index contributed by atoms with van der Waals surface area (Å²) >= 11 is 0. The van der Waals surface area contributed by atoms with Gasteiger partial charge in [0.05, 0.1) is 23.5 Å². The van der Waals surface area contributed by atoms with Gasteiger partial charge in [0.1, 0.15) is 11.4 Å². The maximum Gasteiger partial charge on any atom is 0.266 e. The number of aromatic nitrogens is 2. The molecule has 120 valence electrons. The molecule has 0 bridgehead atoms. The molecule has 5 aromatic rings. The normalized spacial score (nSPS) is 11.6. The number of nitrogens with zero attached hydrogens (tertiary/aromatic N) is 2. The van der Waals surface area contributed by atoms with Crippen molar-refractivity contribution in [3.05, 3.63) is 77.1 Å². The molecule has 5 rings (SSSR count). The number of hydrogen-bond donors (Lipinski definition) is 0. The minimum absolute atomic E-state index is 0.0541. The molecule has 0 atom stereocenters. The standard InChI is InChI=1S/C21H14N2O2/c1-25-13-10-11-14-15-6-3-5-9-19(15)23-20(17(14)12-13)22-18-8-4-2-7-16(18)21(23)24/h2-12H,1H3. The van der Waals surface area contributed by atoms with E-state index in [-0.39, 0.29) is 5.56 Å². The van der Waals surface area contributed by atoms with Gasteiger partial charge in [-0.05, 0) is 41.8 Å². The van der Waals surface area contributed by atoms with Gasteiger partial charge in [0, 0.05) is 10.8 Å². The number of hydrogen-bond acceptors (Lipinski definition) is 3. The molecule has 0 spiro atoms. The highest BCUT2D eigenvalue weighted by Gasteiger charge is 2.13. The second-order valence-corrected chi connectivity index (χ2v) is 6.02. The zero-order chi connectivity index (χ0) is 17.0. The van der Waals surface area contributed by atoms with Gasteiger partial charge >= 0.3 is 0 Å². The monoisotopic (exact) mass is 326 g/mol. The molecule has 0 aliphatic heterocycles. The lowest BCUT2D eigenvalue weighted by Gasteiger charge is -2.12. The van der Waals surface area contributed by atoms with Crippen LogP contribution in [0, 0.1) is 0 Å². The molecular weight excluding hydrogens is 312 g/mol. The summed E-state index contributed by atoms with van der Waals surface area (Å²) in [6.07, 6.45) is 0. The minimum Gasteiger partial charge on any atom is -0.497 e. The molecule has 4 heteroatoms. The smallest absolute Gasteiger partial charge is 0.266 e. The highest BCUT2D eigenvalue weighted by molar-refractivity contribution is 6.12. The maximum absolute atomic E-state index is 13.2. The summed E-state index contributed by atoms with van der Waals surface area (Å²) in [5.74, 6) is 0.743. The van der Waals surface area contributed by atoms with Crippen LogP contribution in [0.2, 0.25) is 0 Å². The predicted octanol–water partition coefficient (Wildman–Crippen LogP) is 4.16. The number of benzene rings is 3. The van der Waals surface area contributed by atoms with E-state index in [4.69, 9.17) is 9.72 Å². The van der Waals surface area contributed by atoms with Crippen molar-refractivity contribution in [3.8, 4) is 5.75 Å². The number of ether oxygens (including phenoxy) is 1. The fraction of sp³-hybridized carbons (Fsp3) is 0.0476. The molecule has 2 aromatic heterocycles. The fourth-order valence-electron chi connectivity index (χ4n) is 3.50. The zero-order valence-electron chi connectivity index (χ0n) is 13.6. The van der Waals surface area contributed by atoms with E-state index in [1.807, 2.05) is 66.7 Å². The Bertz CT molecular complexity index is 1350. The second kappa shape index (κ2) is 5.05. The van der Waals surface area contributed by atoms with Crippen molar-refractivity contribution < 1.29 is 4.74 Å². The van der Waals surface area contributed by atoms with E-state index in [1.165, 1.54) is 0 Å². The van der Waals surface area contributed by atoms with Gasteiger partial charge < -0.3 is 4.74 Å². The Kier molecular flexibility index (Phi) is 2.82. The number of methoxy groups -OCH3 is 1. The average molecular weight is 326 g/mol. The van der Waals surface area contributed by atoms with Gasteiger partial charge in [0.25, 0.3) is 5.56 Å². The van der Waals surface area contributed by atoms with Crippen LogP contribution in [0.3, 0.4) is 0 Å². The van der Waals surface area contributed by atoms with Crippen LogP contribution in [0.25, 0.3) is 38.2 Å². The first kappa shape index (κ1) is 14.0. The third kappa shape index (κ3) is 1.88. The topological polar surface area (TPSA) is 43.6 Å². The lowest BCUT2D eigenvalue weighted by atomic mass is 10.0. The van der Waals surface area contributed by atoms with Crippen LogP contribution in [-0.2, 0) is 0 Å². The van der Waals surface area contributed by atoms with E-state index in [9.17, 15) is 4.79 Å². The third-order valence-corrected chi connectivity index (χ3v) is 4.68. The van der Waals surface area contributed by atoms with Gasteiger partial charge in [-0.2, -0.15) is 0 Å². The average Bonchev–Trinajstić information content (AvgIpc) is 2.67. The van der Waals surface area contributed by atoms with Crippen LogP contribution in [-0.4, -0.2) is 16.5 Å². The van der Waals surface area contributed by atoms with E-state index in [0.717, 1.165) is 27.4 Å². The number of rotatable bonds is 1. The van der Waals surface area contributed by atoms with Gasteiger partial charge in [0.2, 0.25) is 0 Å². The first-order valence-electron chi connectivity index (χ1n) is 8.08. The zero-order valence-corrected chi connectivity index (χ0v) is 13.6. The molecule has 0 aliphatic rings. The maximum atomic E-state index is 13.2. The molecule has 25 heavy (non-hydrogen) atoms. The molecule has 0 amide bonds. The SMILES string of the molecule is COc1ccc2c3ccccc3n3c(=O)c4ccccc4nc3c2c1. The highest BCUT2D eigenvalue weighted by atomic mass is 16.5. The van der Waals surface area contributed by atoms with Crippen molar-refractivity contribution in [2.45, 2.75) is 0 Å². The van der Waals surface area contributed by atoms with E-state index < -0.39 is 0 Å². The Morgan fingerprint density at radius 2 is 1.60 bits per heavy atom. The number of para-hydroxylation sites is 2. The van der Waals surface area contributed by atoms with Crippen LogP contribution in [0.5, 0.6) is 5.75 Å². The Balaban J connectivity index is 2.18. The van der Waals surface area contributed by atoms with E-state index in [1.54, 1.807) is 11.5 Å². The quantitative estimate of drug-likeness (QED) is 0.343. The summed E-state index contributed by atoms with van der Waals surface area (Å²) in [5.41, 5.74) is 2.16. The Hall–Kier alpha value is -3.40. The number of fused-ring (bicyclic) bond motifs is 7. The molecule has 0 N–H and O–H groups in total. The number of pyridine rings is 1. The van der Waals surface area contributed by atoms with E-state index in [2.05, 4.69) is 0 Å². The third-order valence-electron chi connectivity index (χ3n) is 4.68. The van der Waals surface area contributed by atoms with E-state index in [0.29, 0.717) is 16.6 Å². The van der Waals surface area contributed by atoms with Gasteiger partial charge in [-0.25, -0.2) is 4.98 Å². The predicted molar refractivity (Wildman–Crippen MR) is 101 cm³/mol. The summed E-state index contributed by atoms with van der Waals surface area (Å²) in [5, 5.41) is 3.60. The summed E-state index contributed by atoms with van der Waals surface area (Å²) in [6.45, 7) is 0. The highest BCUT2D eigenvalue weighted by Crippen LogP contribution is 2.31. The van der Waals surface area contributed by atoms with Crippen molar-refractivity contribution >= 4 is 38.2 Å². The summed E-state index contributed by atoms with van der Waals surface area (Å²) < 4.78 is 7.09. The Labute approximate surface area is 142 Å². The van der Waals surface area contributed by atoms with Crippen molar-refractivity contribution in [1.29, 1.82) is 0 Å². The van der Waals surface area contributed by atoms with Gasteiger partial charge in [-0.15, -0.1) is 0 Å². The van der Waals surface area contributed by atoms with Crippen molar-refractivity contribution in [3.63, 3.8) is 0 Å². The summed E-state index contributed by atoms with van der Waals surface area (Å²) in [6, 6.07) is 21.3. The van der Waals surface area contributed by atoms with Crippen LogP contribution < -0.4 is 10.3 Å². The summed E-state index contributed by atoms with van der Waals surface area (Å²) in [7, 11) is 1.64. The summed E-state index contributed by atoms with van der Waals surface area (Å²) in [4.78, 5) is 18.0. The fourth-order valence-corrected chi connectivity index (χ4v) is 3.50. The molecule has 0 saturated carbocycles. The van der Waals surface area contributed by atoms with Gasteiger partial charge in [-0.3, -0.25) is 9.20 Å². The first-order chi connectivity index (χ1) is 12.3. The largest absolute Gasteiger partial charge is 0.497 e. The van der Waals surface area contributed by atoms with Gasteiger partial charge in [-0.1, -0.05) is 30.3 Å². The van der Waals surface area contributed by atoms with Crippen LogP contribution >= 0.6 is 0 Å². The second-order valence-electron chi connectivity index (χ2n) is 6.02. The Morgan fingerprint density at radius 3 is 2.44 bits per heavy atom. The van der Waals surface area contributed by atoms with Crippen molar-refractivity contribution in [2.75, 3.05) is 7.11 Å². The Morgan fingerprint density at radius 1 is 0.840 bits per heavy atom. The van der Waals surface area contributed by atoms with E-state index >= 15 is 0 Å². The first-order valence-corrected chi connectivity index (χ1v) is 8.08. The molecule has 0 unspecified atom stereocenters. The van der Waals surface area contributed by atoms with Crippen LogP contribution in [0.15, 0.2) is 71.5 Å². The molecule has 4 nitrogen and oxygen atoms in total.